The summed E-state index contributed by atoms with van der Waals surface area (Å²) in [7, 11) is 0. The second-order valence-electron chi connectivity index (χ2n) is 8.07. The molecule has 1 aliphatic rings. The minimum atomic E-state index is -0.512. The second kappa shape index (κ2) is 8.31. The molecule has 1 aromatic carbocycles. The largest absolute Gasteiger partial charge is 0.444 e. The van der Waals surface area contributed by atoms with E-state index in [1.54, 1.807) is 4.90 Å². The van der Waals surface area contributed by atoms with E-state index in [1.165, 1.54) is 16.9 Å². The number of nitrogens with one attached hydrogen (secondary N) is 1. The van der Waals surface area contributed by atoms with E-state index < -0.39 is 5.60 Å². The SMILES string of the molecule is Cc1ccc(CCC(=O)Nc2nc3c(s2)CN(C(=O)OC(C)(C)C)CC3)cc1. The zero-order valence-electron chi connectivity index (χ0n) is 16.9. The Bertz CT molecular complexity index is 853. The molecule has 6 nitrogen and oxygen atoms in total. The van der Waals surface area contributed by atoms with Crippen molar-refractivity contribution < 1.29 is 14.3 Å². The number of aryl methyl sites for hydroxylation is 2. The Morgan fingerprint density at radius 1 is 1.25 bits per heavy atom. The first-order valence-electron chi connectivity index (χ1n) is 9.51. The third-order valence-electron chi connectivity index (χ3n) is 4.39. The molecule has 2 amide bonds. The molecule has 0 atom stereocenters. The van der Waals surface area contributed by atoms with E-state index in [1.807, 2.05) is 27.7 Å². The maximum atomic E-state index is 12.3. The van der Waals surface area contributed by atoms with Gasteiger partial charge in [0.25, 0.3) is 0 Å². The third-order valence-corrected chi connectivity index (χ3v) is 5.39. The number of nitrogens with zero attached hydrogens (tertiary/aromatic N) is 2. The van der Waals surface area contributed by atoms with E-state index in [4.69, 9.17) is 4.74 Å². The van der Waals surface area contributed by atoms with Crippen LogP contribution in [-0.2, 0) is 28.9 Å². The summed E-state index contributed by atoms with van der Waals surface area (Å²) in [5.41, 5.74) is 2.80. The van der Waals surface area contributed by atoms with E-state index in [2.05, 4.69) is 34.6 Å². The maximum absolute atomic E-state index is 12.3. The highest BCUT2D eigenvalue weighted by Crippen LogP contribution is 2.29. The summed E-state index contributed by atoms with van der Waals surface area (Å²) in [6.45, 7) is 8.67. The Kier molecular flexibility index (Phi) is 6.03. The number of rotatable bonds is 4. The van der Waals surface area contributed by atoms with Gasteiger partial charge in [-0.25, -0.2) is 9.78 Å². The van der Waals surface area contributed by atoms with Crippen molar-refractivity contribution in [1.82, 2.24) is 9.88 Å². The van der Waals surface area contributed by atoms with Crippen molar-refractivity contribution in [2.45, 2.75) is 59.1 Å². The lowest BCUT2D eigenvalue weighted by Gasteiger charge is -2.29. The molecule has 150 valence electrons. The first-order valence-corrected chi connectivity index (χ1v) is 10.3. The van der Waals surface area contributed by atoms with Crippen LogP contribution < -0.4 is 5.32 Å². The van der Waals surface area contributed by atoms with Crippen molar-refractivity contribution in [2.75, 3.05) is 11.9 Å². The lowest BCUT2D eigenvalue weighted by molar-refractivity contribution is -0.116. The van der Waals surface area contributed by atoms with Crippen LogP contribution in [0.5, 0.6) is 0 Å². The highest BCUT2D eigenvalue weighted by molar-refractivity contribution is 7.15. The summed E-state index contributed by atoms with van der Waals surface area (Å²) < 4.78 is 5.45. The zero-order valence-corrected chi connectivity index (χ0v) is 17.7. The van der Waals surface area contributed by atoms with E-state index in [0.717, 1.165) is 16.1 Å². The normalized spacial score (nSPS) is 13.8. The molecule has 0 bridgehead atoms. The van der Waals surface area contributed by atoms with Crippen LogP contribution in [0.4, 0.5) is 9.93 Å². The van der Waals surface area contributed by atoms with E-state index in [-0.39, 0.29) is 12.0 Å². The predicted octanol–water partition coefficient (Wildman–Crippen LogP) is 4.32. The molecule has 0 spiro atoms. The predicted molar refractivity (Wildman–Crippen MR) is 111 cm³/mol. The van der Waals surface area contributed by atoms with Crippen LogP contribution >= 0.6 is 11.3 Å². The monoisotopic (exact) mass is 401 g/mol. The van der Waals surface area contributed by atoms with Gasteiger partial charge in [-0.3, -0.25) is 4.79 Å². The van der Waals surface area contributed by atoms with Gasteiger partial charge in [-0.1, -0.05) is 41.2 Å². The topological polar surface area (TPSA) is 71.5 Å². The van der Waals surface area contributed by atoms with Crippen LogP contribution in [0.25, 0.3) is 0 Å². The fraction of sp³-hybridized carbons (Fsp3) is 0.476. The number of aromatic nitrogens is 1. The third kappa shape index (κ3) is 5.55. The molecule has 0 aliphatic carbocycles. The first-order chi connectivity index (χ1) is 13.2. The Morgan fingerprint density at radius 3 is 2.64 bits per heavy atom. The molecule has 0 saturated carbocycles. The van der Waals surface area contributed by atoms with Crippen LogP contribution in [0.1, 0.15) is 48.9 Å². The molecule has 7 heteroatoms. The quantitative estimate of drug-likeness (QED) is 0.828. The van der Waals surface area contributed by atoms with Gasteiger partial charge < -0.3 is 15.0 Å². The van der Waals surface area contributed by atoms with E-state index in [0.29, 0.717) is 37.5 Å². The van der Waals surface area contributed by atoms with Gasteiger partial charge in [-0.15, -0.1) is 0 Å². The minimum Gasteiger partial charge on any atom is -0.444 e. The van der Waals surface area contributed by atoms with Crippen LogP contribution in [0.3, 0.4) is 0 Å². The summed E-state index contributed by atoms with van der Waals surface area (Å²) >= 11 is 1.43. The lowest BCUT2D eigenvalue weighted by Crippen LogP contribution is -2.39. The number of thiazole rings is 1. The van der Waals surface area contributed by atoms with Crippen molar-refractivity contribution in [3.05, 3.63) is 46.0 Å². The number of amides is 2. The molecule has 3 rings (SSSR count). The Labute approximate surface area is 169 Å². The highest BCUT2D eigenvalue weighted by Gasteiger charge is 2.28. The van der Waals surface area contributed by atoms with Crippen molar-refractivity contribution in [2.24, 2.45) is 0 Å². The standard InChI is InChI=1S/C21H27N3O3S/c1-14-5-7-15(8-6-14)9-10-18(25)23-19-22-16-11-12-24(13-17(16)28-19)20(26)27-21(2,3)4/h5-8H,9-13H2,1-4H3,(H,22,23,25). The first kappa shape index (κ1) is 20.3. The summed E-state index contributed by atoms with van der Waals surface area (Å²) in [6.07, 6.45) is 1.47. The molecular weight excluding hydrogens is 374 g/mol. The number of anilines is 1. The van der Waals surface area contributed by atoms with Crippen molar-refractivity contribution >= 4 is 28.5 Å². The molecular formula is C21H27N3O3S. The zero-order chi connectivity index (χ0) is 20.3. The number of carbonyl (C=O) groups is 2. The fourth-order valence-corrected chi connectivity index (χ4v) is 3.97. The lowest BCUT2D eigenvalue weighted by atomic mass is 10.1. The van der Waals surface area contributed by atoms with Crippen LogP contribution in [0.15, 0.2) is 24.3 Å². The number of benzene rings is 1. The van der Waals surface area contributed by atoms with Crippen LogP contribution in [0.2, 0.25) is 0 Å². The number of carbonyl (C=O) groups excluding carboxylic acids is 2. The van der Waals surface area contributed by atoms with Gasteiger partial charge in [0.1, 0.15) is 5.60 Å². The number of fused-ring (bicyclic) bond motifs is 1. The Hall–Kier alpha value is -2.41. The molecule has 2 heterocycles. The Morgan fingerprint density at radius 2 is 1.96 bits per heavy atom. The van der Waals surface area contributed by atoms with E-state index >= 15 is 0 Å². The van der Waals surface area contributed by atoms with Gasteiger partial charge in [-0.05, 0) is 39.7 Å². The van der Waals surface area contributed by atoms with Gasteiger partial charge >= 0.3 is 6.09 Å². The smallest absolute Gasteiger partial charge is 0.410 e. The molecule has 1 aromatic heterocycles. The van der Waals surface area contributed by atoms with E-state index in [9.17, 15) is 9.59 Å². The van der Waals surface area contributed by atoms with Crippen LogP contribution in [0, 0.1) is 6.92 Å². The molecule has 1 aliphatic heterocycles. The Balaban J connectivity index is 1.54. The highest BCUT2D eigenvalue weighted by atomic mass is 32.1. The number of ether oxygens (including phenoxy) is 1. The number of hydrogen-bond donors (Lipinski definition) is 1. The molecule has 0 radical (unpaired) electrons. The molecule has 28 heavy (non-hydrogen) atoms. The average molecular weight is 402 g/mol. The van der Waals surface area contributed by atoms with Gasteiger partial charge in [0.2, 0.25) is 5.91 Å². The molecule has 1 N–H and O–H groups in total. The second-order valence-corrected chi connectivity index (χ2v) is 9.16. The summed E-state index contributed by atoms with van der Waals surface area (Å²) in [4.78, 5) is 31.8. The van der Waals surface area contributed by atoms with Crippen molar-refractivity contribution in [3.63, 3.8) is 0 Å². The van der Waals surface area contributed by atoms with Gasteiger partial charge in [-0.2, -0.15) is 0 Å². The van der Waals surface area contributed by atoms with Gasteiger partial charge in [0, 0.05) is 24.3 Å². The van der Waals surface area contributed by atoms with Crippen LogP contribution in [-0.4, -0.2) is 34.0 Å². The number of hydrogen-bond acceptors (Lipinski definition) is 5. The molecule has 0 unspecified atom stereocenters. The fourth-order valence-electron chi connectivity index (χ4n) is 2.93. The molecule has 0 saturated heterocycles. The summed E-state index contributed by atoms with van der Waals surface area (Å²) in [6, 6.07) is 8.21. The van der Waals surface area contributed by atoms with Gasteiger partial charge in [0.05, 0.1) is 12.2 Å². The minimum absolute atomic E-state index is 0.0457. The summed E-state index contributed by atoms with van der Waals surface area (Å²) in [5.74, 6) is -0.0457. The maximum Gasteiger partial charge on any atom is 0.410 e. The molecule has 2 aromatic rings. The van der Waals surface area contributed by atoms with Crippen molar-refractivity contribution in [1.29, 1.82) is 0 Å². The average Bonchev–Trinajstić information content (AvgIpc) is 3.01. The van der Waals surface area contributed by atoms with Gasteiger partial charge in [0.15, 0.2) is 5.13 Å². The van der Waals surface area contributed by atoms with Crippen molar-refractivity contribution in [3.8, 4) is 0 Å². The summed E-state index contributed by atoms with van der Waals surface area (Å²) in [5, 5.41) is 3.50. The molecule has 0 fully saturated rings.